The zero-order chi connectivity index (χ0) is 16.9. The topological polar surface area (TPSA) is 72.2 Å². The molecule has 4 nitrogen and oxygen atoms in total. The highest BCUT2D eigenvalue weighted by molar-refractivity contribution is 7.89. The minimum atomic E-state index is -3.46. The van der Waals surface area contributed by atoms with Crippen LogP contribution in [0.15, 0.2) is 53.4 Å². The van der Waals surface area contributed by atoms with Crippen molar-refractivity contribution in [1.29, 1.82) is 0 Å². The molecule has 0 aliphatic carbocycles. The fourth-order valence-corrected chi connectivity index (χ4v) is 3.41. The standard InChI is InChI=1S/C18H24N2O2S.ClH/c1-14(2)13-16-5-9-18(10-6-16)23(21,22)20-12-11-15-3-7-17(19)8-4-15;/h3-10,14,20H,11-13,19H2,1-2H3;1H. The van der Waals surface area contributed by atoms with E-state index in [1.807, 2.05) is 36.4 Å². The third-order valence-electron chi connectivity index (χ3n) is 3.56. The van der Waals surface area contributed by atoms with E-state index in [9.17, 15) is 8.42 Å². The Hall–Kier alpha value is -1.56. The fraction of sp³-hybridized carbons (Fsp3) is 0.333. The van der Waals surface area contributed by atoms with Gasteiger partial charge in [0.05, 0.1) is 4.90 Å². The smallest absolute Gasteiger partial charge is 0.240 e. The van der Waals surface area contributed by atoms with Crippen LogP contribution in [-0.4, -0.2) is 15.0 Å². The van der Waals surface area contributed by atoms with Gasteiger partial charge in [-0.2, -0.15) is 0 Å². The van der Waals surface area contributed by atoms with Gasteiger partial charge in [0.25, 0.3) is 0 Å². The van der Waals surface area contributed by atoms with Crippen molar-refractivity contribution in [1.82, 2.24) is 4.72 Å². The molecule has 0 amide bonds. The molecule has 0 aliphatic rings. The Morgan fingerprint density at radius 3 is 2.04 bits per heavy atom. The van der Waals surface area contributed by atoms with Gasteiger partial charge in [0, 0.05) is 12.2 Å². The maximum Gasteiger partial charge on any atom is 0.240 e. The second-order valence-electron chi connectivity index (χ2n) is 6.13. The van der Waals surface area contributed by atoms with E-state index in [0.29, 0.717) is 29.5 Å². The third kappa shape index (κ3) is 6.15. The maximum atomic E-state index is 12.3. The Morgan fingerprint density at radius 2 is 1.50 bits per heavy atom. The number of nitrogens with two attached hydrogens (primary N) is 1. The van der Waals surface area contributed by atoms with Crippen LogP contribution in [0.1, 0.15) is 25.0 Å². The molecule has 2 rings (SSSR count). The second-order valence-corrected chi connectivity index (χ2v) is 7.90. The number of rotatable bonds is 7. The summed E-state index contributed by atoms with van der Waals surface area (Å²) in [6.45, 7) is 4.65. The summed E-state index contributed by atoms with van der Waals surface area (Å²) in [5.74, 6) is 0.551. The summed E-state index contributed by atoms with van der Waals surface area (Å²) in [7, 11) is -3.46. The van der Waals surface area contributed by atoms with Crippen LogP contribution >= 0.6 is 12.4 Å². The summed E-state index contributed by atoms with van der Waals surface area (Å²) in [5.41, 5.74) is 8.54. The van der Waals surface area contributed by atoms with Crippen LogP contribution in [-0.2, 0) is 22.9 Å². The normalized spacial score (nSPS) is 11.3. The molecule has 0 heterocycles. The van der Waals surface area contributed by atoms with E-state index in [-0.39, 0.29) is 12.4 Å². The Bertz CT molecular complexity index is 727. The van der Waals surface area contributed by atoms with E-state index in [1.165, 1.54) is 0 Å². The lowest BCUT2D eigenvalue weighted by molar-refractivity contribution is 0.581. The molecular formula is C18H25ClN2O2S. The molecule has 132 valence electrons. The van der Waals surface area contributed by atoms with E-state index in [1.54, 1.807) is 12.1 Å². The second kappa shape index (κ2) is 9.06. The maximum absolute atomic E-state index is 12.3. The number of benzene rings is 2. The van der Waals surface area contributed by atoms with Gasteiger partial charge in [-0.15, -0.1) is 12.4 Å². The van der Waals surface area contributed by atoms with E-state index in [2.05, 4.69) is 18.6 Å². The van der Waals surface area contributed by atoms with Crippen molar-refractivity contribution < 1.29 is 8.42 Å². The van der Waals surface area contributed by atoms with Gasteiger partial charge in [-0.05, 0) is 54.2 Å². The SMILES string of the molecule is CC(C)Cc1ccc(S(=O)(=O)NCCc2ccc(N)cc2)cc1.Cl. The van der Waals surface area contributed by atoms with E-state index in [0.717, 1.165) is 17.5 Å². The Morgan fingerprint density at radius 1 is 0.958 bits per heavy atom. The van der Waals surface area contributed by atoms with Gasteiger partial charge in [-0.1, -0.05) is 38.1 Å². The molecule has 0 radical (unpaired) electrons. The van der Waals surface area contributed by atoms with E-state index < -0.39 is 10.0 Å². The lowest BCUT2D eigenvalue weighted by atomic mass is 10.0. The monoisotopic (exact) mass is 368 g/mol. The number of hydrogen-bond donors (Lipinski definition) is 2. The van der Waals surface area contributed by atoms with Crippen molar-refractivity contribution in [2.45, 2.75) is 31.6 Å². The molecule has 0 aliphatic heterocycles. The van der Waals surface area contributed by atoms with Crippen molar-refractivity contribution in [3.63, 3.8) is 0 Å². The third-order valence-corrected chi connectivity index (χ3v) is 5.04. The minimum Gasteiger partial charge on any atom is -0.399 e. The van der Waals surface area contributed by atoms with Crippen LogP contribution in [0.4, 0.5) is 5.69 Å². The predicted molar refractivity (Wildman–Crippen MR) is 102 cm³/mol. The van der Waals surface area contributed by atoms with Crippen LogP contribution in [0.5, 0.6) is 0 Å². The highest BCUT2D eigenvalue weighted by Crippen LogP contribution is 2.13. The van der Waals surface area contributed by atoms with Gasteiger partial charge < -0.3 is 5.73 Å². The summed E-state index contributed by atoms with van der Waals surface area (Å²) in [6, 6.07) is 14.6. The first-order valence-corrected chi connectivity index (χ1v) is 9.28. The van der Waals surface area contributed by atoms with Crippen molar-refractivity contribution in [3.05, 3.63) is 59.7 Å². The van der Waals surface area contributed by atoms with Crippen molar-refractivity contribution in [2.24, 2.45) is 5.92 Å². The molecule has 2 aromatic rings. The first kappa shape index (κ1) is 20.5. The molecule has 3 N–H and O–H groups in total. The molecule has 0 atom stereocenters. The molecule has 2 aromatic carbocycles. The fourth-order valence-electron chi connectivity index (χ4n) is 2.37. The zero-order valence-corrected chi connectivity index (χ0v) is 15.7. The summed E-state index contributed by atoms with van der Waals surface area (Å²) < 4.78 is 27.2. The highest BCUT2D eigenvalue weighted by atomic mass is 35.5. The number of anilines is 1. The molecule has 0 saturated heterocycles. The van der Waals surface area contributed by atoms with Crippen LogP contribution in [0.3, 0.4) is 0 Å². The molecule has 24 heavy (non-hydrogen) atoms. The lowest BCUT2D eigenvalue weighted by Crippen LogP contribution is -2.26. The van der Waals surface area contributed by atoms with Gasteiger partial charge in [-0.25, -0.2) is 13.1 Å². The van der Waals surface area contributed by atoms with Gasteiger partial charge >= 0.3 is 0 Å². The molecule has 0 unspecified atom stereocenters. The number of hydrogen-bond acceptors (Lipinski definition) is 3. The highest BCUT2D eigenvalue weighted by Gasteiger charge is 2.13. The first-order chi connectivity index (χ1) is 10.9. The average Bonchev–Trinajstić information content (AvgIpc) is 2.49. The summed E-state index contributed by atoms with van der Waals surface area (Å²) in [6.07, 6.45) is 1.58. The van der Waals surface area contributed by atoms with Gasteiger partial charge in [-0.3, -0.25) is 0 Å². The molecule has 0 fully saturated rings. The summed E-state index contributed by atoms with van der Waals surface area (Å²) >= 11 is 0. The van der Waals surface area contributed by atoms with Crippen LogP contribution < -0.4 is 10.5 Å². The summed E-state index contributed by atoms with van der Waals surface area (Å²) in [5, 5.41) is 0. The molecule has 0 bridgehead atoms. The number of nitrogen functional groups attached to an aromatic ring is 1. The Balaban J connectivity index is 0.00000288. The van der Waals surface area contributed by atoms with Crippen LogP contribution in [0.2, 0.25) is 0 Å². The molecule has 0 saturated carbocycles. The van der Waals surface area contributed by atoms with Crippen LogP contribution in [0.25, 0.3) is 0 Å². The molecule has 6 heteroatoms. The largest absolute Gasteiger partial charge is 0.399 e. The van der Waals surface area contributed by atoms with Crippen molar-refractivity contribution >= 4 is 28.1 Å². The first-order valence-electron chi connectivity index (χ1n) is 7.80. The van der Waals surface area contributed by atoms with Gasteiger partial charge in [0.2, 0.25) is 10.0 Å². The minimum absolute atomic E-state index is 0. The molecule has 0 spiro atoms. The molecular weight excluding hydrogens is 344 g/mol. The average molecular weight is 369 g/mol. The van der Waals surface area contributed by atoms with E-state index >= 15 is 0 Å². The van der Waals surface area contributed by atoms with E-state index in [4.69, 9.17) is 5.73 Å². The Kier molecular flexibility index (Phi) is 7.73. The zero-order valence-electron chi connectivity index (χ0n) is 14.0. The molecule has 0 aromatic heterocycles. The quantitative estimate of drug-likeness (QED) is 0.735. The lowest BCUT2D eigenvalue weighted by Gasteiger charge is -2.09. The van der Waals surface area contributed by atoms with Gasteiger partial charge in [0.1, 0.15) is 0 Å². The van der Waals surface area contributed by atoms with Crippen molar-refractivity contribution in [3.8, 4) is 0 Å². The van der Waals surface area contributed by atoms with Crippen molar-refractivity contribution in [2.75, 3.05) is 12.3 Å². The number of sulfonamides is 1. The van der Waals surface area contributed by atoms with Gasteiger partial charge in [0.15, 0.2) is 0 Å². The number of halogens is 1. The Labute approximate surface area is 150 Å². The van der Waals surface area contributed by atoms with Crippen LogP contribution in [0, 0.1) is 5.92 Å². The summed E-state index contributed by atoms with van der Waals surface area (Å²) in [4.78, 5) is 0.308. The number of nitrogens with one attached hydrogen (secondary N) is 1. The predicted octanol–water partition coefficient (Wildman–Crippen LogP) is 3.41.